The van der Waals surface area contributed by atoms with Gasteiger partial charge < -0.3 is 10.2 Å². The van der Waals surface area contributed by atoms with Gasteiger partial charge in [0.15, 0.2) is 0 Å². The highest BCUT2D eigenvalue weighted by Gasteiger charge is 2.20. The van der Waals surface area contributed by atoms with Gasteiger partial charge in [-0.3, -0.25) is 4.79 Å². The maximum atomic E-state index is 12.2. The van der Waals surface area contributed by atoms with Gasteiger partial charge >= 0.3 is 0 Å². The van der Waals surface area contributed by atoms with Crippen LogP contribution in [0.15, 0.2) is 24.3 Å². The number of amides is 1. The first-order chi connectivity index (χ1) is 9.58. The zero-order chi connectivity index (χ0) is 14.5. The van der Waals surface area contributed by atoms with Crippen LogP contribution in [0.1, 0.15) is 45.1 Å². The fourth-order valence-corrected chi connectivity index (χ4v) is 2.70. The van der Waals surface area contributed by atoms with E-state index in [9.17, 15) is 4.79 Å². The molecule has 0 atom stereocenters. The summed E-state index contributed by atoms with van der Waals surface area (Å²) in [7, 11) is 0. The molecule has 2 rings (SSSR count). The molecule has 1 N–H and O–H groups in total. The molecular weight excluding hydrogens is 248 g/mol. The lowest BCUT2D eigenvalue weighted by Crippen LogP contribution is -2.41. The van der Waals surface area contributed by atoms with Gasteiger partial charge in [-0.05, 0) is 36.3 Å². The van der Waals surface area contributed by atoms with Crippen molar-refractivity contribution in [3.8, 4) is 0 Å². The summed E-state index contributed by atoms with van der Waals surface area (Å²) in [5.74, 6) is 1.44. The van der Waals surface area contributed by atoms with Crippen molar-refractivity contribution in [1.29, 1.82) is 0 Å². The molecule has 1 saturated heterocycles. The van der Waals surface area contributed by atoms with Crippen LogP contribution in [0, 0.1) is 5.92 Å². The average Bonchev–Trinajstić information content (AvgIpc) is 2.45. The van der Waals surface area contributed by atoms with Crippen molar-refractivity contribution in [3.63, 3.8) is 0 Å². The molecule has 1 heterocycles. The maximum absolute atomic E-state index is 12.2. The summed E-state index contributed by atoms with van der Waals surface area (Å²) in [4.78, 5) is 14.2. The van der Waals surface area contributed by atoms with Crippen LogP contribution in [0.25, 0.3) is 0 Å². The number of carbonyl (C=O) groups excluding carboxylic acids is 1. The monoisotopic (exact) mass is 274 g/mol. The van der Waals surface area contributed by atoms with Crippen LogP contribution < -0.4 is 5.32 Å². The molecule has 0 saturated carbocycles. The molecule has 1 aliphatic rings. The van der Waals surface area contributed by atoms with Crippen LogP contribution in [-0.4, -0.2) is 30.4 Å². The highest BCUT2D eigenvalue weighted by molar-refractivity contribution is 5.81. The molecule has 0 aromatic heterocycles. The van der Waals surface area contributed by atoms with E-state index in [2.05, 4.69) is 38.2 Å². The van der Waals surface area contributed by atoms with Crippen LogP contribution >= 0.6 is 0 Å². The fraction of sp³-hybridized carbons (Fsp3) is 0.588. The fourth-order valence-electron chi connectivity index (χ4n) is 2.70. The predicted molar refractivity (Wildman–Crippen MR) is 84.0 cm³/mol. The van der Waals surface area contributed by atoms with Crippen molar-refractivity contribution in [3.05, 3.63) is 29.8 Å². The molecule has 1 fully saturated rings. The SMILES string of the molecule is CC1CCN(C(=O)CNc2ccccc2C(C)C)CC1. The number of benzene rings is 1. The van der Waals surface area contributed by atoms with E-state index in [-0.39, 0.29) is 5.91 Å². The Morgan fingerprint density at radius 1 is 1.30 bits per heavy atom. The molecule has 20 heavy (non-hydrogen) atoms. The van der Waals surface area contributed by atoms with Crippen LogP contribution in [0.4, 0.5) is 5.69 Å². The Hall–Kier alpha value is -1.51. The molecule has 0 bridgehead atoms. The number of anilines is 1. The van der Waals surface area contributed by atoms with Gasteiger partial charge in [-0.15, -0.1) is 0 Å². The number of likely N-dealkylation sites (tertiary alicyclic amines) is 1. The van der Waals surface area contributed by atoms with Gasteiger partial charge in [0, 0.05) is 18.8 Å². The van der Waals surface area contributed by atoms with Gasteiger partial charge in [0.1, 0.15) is 0 Å². The molecule has 0 aliphatic carbocycles. The first-order valence-corrected chi connectivity index (χ1v) is 7.68. The van der Waals surface area contributed by atoms with Gasteiger partial charge in [0.05, 0.1) is 6.54 Å². The molecule has 0 unspecified atom stereocenters. The second-order valence-corrected chi connectivity index (χ2v) is 6.16. The molecule has 3 heteroatoms. The van der Waals surface area contributed by atoms with Gasteiger partial charge in [-0.1, -0.05) is 39.0 Å². The van der Waals surface area contributed by atoms with Gasteiger partial charge in [0.2, 0.25) is 5.91 Å². The van der Waals surface area contributed by atoms with Crippen molar-refractivity contribution in [1.82, 2.24) is 4.90 Å². The molecule has 1 amide bonds. The van der Waals surface area contributed by atoms with Crippen LogP contribution in [-0.2, 0) is 4.79 Å². The van der Waals surface area contributed by atoms with Gasteiger partial charge in [0.25, 0.3) is 0 Å². The standard InChI is InChI=1S/C17H26N2O/c1-13(2)15-6-4-5-7-16(15)18-12-17(20)19-10-8-14(3)9-11-19/h4-7,13-14,18H,8-12H2,1-3H3. The number of rotatable bonds is 4. The molecule has 1 aromatic carbocycles. The number of nitrogens with zero attached hydrogens (tertiary/aromatic N) is 1. The van der Waals surface area contributed by atoms with Crippen molar-refractivity contribution in [2.75, 3.05) is 25.0 Å². The lowest BCUT2D eigenvalue weighted by atomic mass is 9.99. The quantitative estimate of drug-likeness (QED) is 0.911. The van der Waals surface area contributed by atoms with E-state index in [0.29, 0.717) is 12.5 Å². The molecule has 1 aromatic rings. The highest BCUT2D eigenvalue weighted by atomic mass is 16.2. The van der Waals surface area contributed by atoms with Crippen LogP contribution in [0.2, 0.25) is 0 Å². The smallest absolute Gasteiger partial charge is 0.241 e. The number of hydrogen-bond acceptors (Lipinski definition) is 2. The third kappa shape index (κ3) is 3.75. The van der Waals surface area contributed by atoms with Gasteiger partial charge in [-0.2, -0.15) is 0 Å². The minimum absolute atomic E-state index is 0.218. The number of nitrogens with one attached hydrogen (secondary N) is 1. The molecule has 110 valence electrons. The summed E-state index contributed by atoms with van der Waals surface area (Å²) in [5, 5.41) is 3.31. The average molecular weight is 274 g/mol. The summed E-state index contributed by atoms with van der Waals surface area (Å²) < 4.78 is 0. The number of hydrogen-bond donors (Lipinski definition) is 1. The van der Waals surface area contributed by atoms with E-state index in [1.54, 1.807) is 0 Å². The van der Waals surface area contributed by atoms with Crippen LogP contribution in [0.3, 0.4) is 0 Å². The Morgan fingerprint density at radius 3 is 2.60 bits per heavy atom. The lowest BCUT2D eigenvalue weighted by molar-refractivity contribution is -0.130. The third-order valence-electron chi connectivity index (χ3n) is 4.15. The largest absolute Gasteiger partial charge is 0.376 e. The Balaban J connectivity index is 1.90. The molecular formula is C17H26N2O. The minimum atomic E-state index is 0.218. The summed E-state index contributed by atoms with van der Waals surface area (Å²) in [5.41, 5.74) is 2.36. The minimum Gasteiger partial charge on any atom is -0.376 e. The highest BCUT2D eigenvalue weighted by Crippen LogP contribution is 2.23. The van der Waals surface area contributed by atoms with E-state index in [4.69, 9.17) is 0 Å². The Labute approximate surface area is 122 Å². The molecule has 0 spiro atoms. The lowest BCUT2D eigenvalue weighted by Gasteiger charge is -2.30. The van der Waals surface area contributed by atoms with Crippen LogP contribution in [0.5, 0.6) is 0 Å². The van der Waals surface area contributed by atoms with E-state index in [1.807, 2.05) is 17.0 Å². The summed E-state index contributed by atoms with van der Waals surface area (Å²) in [6, 6.07) is 8.25. The zero-order valence-corrected chi connectivity index (χ0v) is 12.9. The second kappa shape index (κ2) is 6.78. The normalized spacial score (nSPS) is 16.5. The number of para-hydroxylation sites is 1. The van der Waals surface area contributed by atoms with Crippen molar-refractivity contribution in [2.24, 2.45) is 5.92 Å². The zero-order valence-electron chi connectivity index (χ0n) is 12.9. The van der Waals surface area contributed by atoms with Gasteiger partial charge in [-0.25, -0.2) is 0 Å². The number of carbonyl (C=O) groups is 1. The molecule has 1 aliphatic heterocycles. The van der Waals surface area contributed by atoms with E-state index in [0.717, 1.165) is 37.5 Å². The van der Waals surface area contributed by atoms with Crippen molar-refractivity contribution in [2.45, 2.75) is 39.5 Å². The first-order valence-electron chi connectivity index (χ1n) is 7.68. The second-order valence-electron chi connectivity index (χ2n) is 6.16. The third-order valence-corrected chi connectivity index (χ3v) is 4.15. The van der Waals surface area contributed by atoms with Crippen molar-refractivity contribution >= 4 is 11.6 Å². The topological polar surface area (TPSA) is 32.3 Å². The molecule has 3 nitrogen and oxygen atoms in total. The Bertz CT molecular complexity index is 448. The van der Waals surface area contributed by atoms with E-state index < -0.39 is 0 Å². The Kier molecular flexibility index (Phi) is 5.05. The molecule has 0 radical (unpaired) electrons. The van der Waals surface area contributed by atoms with E-state index >= 15 is 0 Å². The summed E-state index contributed by atoms with van der Waals surface area (Å²) in [6.45, 7) is 8.83. The summed E-state index contributed by atoms with van der Waals surface area (Å²) in [6.07, 6.45) is 2.27. The predicted octanol–water partition coefficient (Wildman–Crippen LogP) is 3.48. The first kappa shape index (κ1) is 14.9. The van der Waals surface area contributed by atoms with Crippen molar-refractivity contribution < 1.29 is 4.79 Å². The van der Waals surface area contributed by atoms with E-state index in [1.165, 1.54) is 5.56 Å². The summed E-state index contributed by atoms with van der Waals surface area (Å²) >= 11 is 0. The number of piperidine rings is 1. The maximum Gasteiger partial charge on any atom is 0.241 e. The Morgan fingerprint density at radius 2 is 1.95 bits per heavy atom.